The molecular weight excluding hydrogens is 227 g/mol. The Morgan fingerprint density at radius 3 is 2.44 bits per heavy atom. The molecule has 1 rings (SSSR count). The van der Waals surface area contributed by atoms with Gasteiger partial charge in [-0.25, -0.2) is 4.79 Å². The molecule has 0 spiro atoms. The normalized spacial score (nSPS) is 10.9. The van der Waals surface area contributed by atoms with Gasteiger partial charge in [-0.15, -0.1) is 0 Å². The first-order chi connectivity index (χ1) is 7.36. The smallest absolute Gasteiger partial charge is 0.418 e. The van der Waals surface area contributed by atoms with Crippen molar-refractivity contribution in [3.05, 3.63) is 29.3 Å². The van der Waals surface area contributed by atoms with Gasteiger partial charge in [0.1, 0.15) is 0 Å². The highest BCUT2D eigenvalue weighted by molar-refractivity contribution is 5.89. The summed E-state index contributed by atoms with van der Waals surface area (Å²) in [5, 5.41) is 10.4. The van der Waals surface area contributed by atoms with Gasteiger partial charge in [0, 0.05) is 0 Å². The van der Waals surface area contributed by atoms with Gasteiger partial charge in [0.05, 0.1) is 16.8 Å². The minimum atomic E-state index is -4.73. The highest BCUT2D eigenvalue weighted by Gasteiger charge is 2.34. The van der Waals surface area contributed by atoms with Crippen molar-refractivity contribution in [2.75, 3.05) is 5.32 Å². The van der Waals surface area contributed by atoms with Gasteiger partial charge in [0.25, 0.3) is 0 Å². The van der Waals surface area contributed by atoms with Crippen molar-refractivity contribution < 1.29 is 27.9 Å². The number of hydrogen-bond acceptors (Lipinski definition) is 2. The van der Waals surface area contributed by atoms with E-state index in [1.165, 1.54) is 0 Å². The van der Waals surface area contributed by atoms with Gasteiger partial charge in [-0.2, -0.15) is 13.2 Å². The van der Waals surface area contributed by atoms with Gasteiger partial charge >= 0.3 is 12.1 Å². The molecule has 0 aliphatic rings. The summed E-state index contributed by atoms with van der Waals surface area (Å²) in [6.07, 6.45) is -4.64. The minimum Gasteiger partial charge on any atom is -0.478 e. The monoisotopic (exact) mass is 233 g/mol. The zero-order chi connectivity index (χ0) is 12.3. The molecule has 0 heterocycles. The van der Waals surface area contributed by atoms with Crippen molar-refractivity contribution >= 4 is 18.1 Å². The number of amides is 1. The van der Waals surface area contributed by atoms with E-state index >= 15 is 0 Å². The Morgan fingerprint density at radius 1 is 1.38 bits per heavy atom. The van der Waals surface area contributed by atoms with Crippen LogP contribution in [0, 0.1) is 0 Å². The highest BCUT2D eigenvalue weighted by Crippen LogP contribution is 2.35. The molecule has 0 aromatic heterocycles. The molecule has 0 radical (unpaired) electrons. The summed E-state index contributed by atoms with van der Waals surface area (Å²) >= 11 is 0. The van der Waals surface area contributed by atoms with Crippen molar-refractivity contribution in [1.82, 2.24) is 0 Å². The Bertz CT molecular complexity index is 428. The predicted octanol–water partition coefficient (Wildman–Crippen LogP) is 1.97. The molecular formula is C9H6F3NO3. The first-order valence-corrected chi connectivity index (χ1v) is 4.01. The first kappa shape index (κ1) is 12.0. The molecule has 4 nitrogen and oxygen atoms in total. The molecule has 0 saturated heterocycles. The topological polar surface area (TPSA) is 66.4 Å². The standard InChI is InChI=1S/C9H6F3NO3/c10-9(11,12)6-3-5(8(15)16)1-2-7(6)13-4-14/h1-4H,(H,13,14)(H,15,16). The molecule has 0 aliphatic heterocycles. The van der Waals surface area contributed by atoms with Crippen LogP contribution in [-0.4, -0.2) is 17.5 Å². The fourth-order valence-electron chi connectivity index (χ4n) is 1.10. The first-order valence-electron chi connectivity index (χ1n) is 4.01. The summed E-state index contributed by atoms with van der Waals surface area (Å²) in [5.74, 6) is -1.47. The second-order valence-electron chi connectivity index (χ2n) is 2.83. The Hall–Kier alpha value is -2.05. The Kier molecular flexibility index (Phi) is 3.17. The number of carboxylic acids is 1. The van der Waals surface area contributed by atoms with E-state index in [-0.39, 0.29) is 6.41 Å². The third-order valence-corrected chi connectivity index (χ3v) is 1.79. The van der Waals surface area contributed by atoms with Crippen LogP contribution in [0.15, 0.2) is 18.2 Å². The van der Waals surface area contributed by atoms with Crippen molar-refractivity contribution in [2.45, 2.75) is 6.18 Å². The van der Waals surface area contributed by atoms with Gasteiger partial charge in [0.15, 0.2) is 0 Å². The molecule has 0 saturated carbocycles. The molecule has 0 bridgehead atoms. The van der Waals surface area contributed by atoms with Crippen LogP contribution in [0.2, 0.25) is 0 Å². The maximum Gasteiger partial charge on any atom is 0.418 e. The molecule has 2 N–H and O–H groups in total. The lowest BCUT2D eigenvalue weighted by atomic mass is 10.1. The van der Waals surface area contributed by atoms with E-state index < -0.39 is 29.0 Å². The molecule has 0 aliphatic carbocycles. The summed E-state index contributed by atoms with van der Waals surface area (Å²) in [5.41, 5.74) is -2.17. The van der Waals surface area contributed by atoms with E-state index in [0.717, 1.165) is 12.1 Å². The maximum atomic E-state index is 12.5. The number of aromatic carboxylic acids is 1. The zero-order valence-electron chi connectivity index (χ0n) is 7.71. The summed E-state index contributed by atoms with van der Waals surface area (Å²) in [6.45, 7) is 0. The fourth-order valence-corrected chi connectivity index (χ4v) is 1.10. The predicted molar refractivity (Wildman–Crippen MR) is 48.1 cm³/mol. The molecule has 86 valence electrons. The number of hydrogen-bond donors (Lipinski definition) is 2. The second kappa shape index (κ2) is 4.21. The average molecular weight is 233 g/mol. The number of benzene rings is 1. The SMILES string of the molecule is O=CNc1ccc(C(=O)O)cc1C(F)(F)F. The van der Waals surface area contributed by atoms with Gasteiger partial charge < -0.3 is 10.4 Å². The Labute approximate surface area is 87.7 Å². The lowest BCUT2D eigenvalue weighted by molar-refractivity contribution is -0.136. The van der Waals surface area contributed by atoms with Crippen LogP contribution in [0.4, 0.5) is 18.9 Å². The van der Waals surface area contributed by atoms with E-state index in [0.29, 0.717) is 6.07 Å². The van der Waals surface area contributed by atoms with E-state index in [4.69, 9.17) is 5.11 Å². The molecule has 1 aromatic rings. The largest absolute Gasteiger partial charge is 0.478 e. The number of nitrogens with one attached hydrogen (secondary N) is 1. The quantitative estimate of drug-likeness (QED) is 0.784. The molecule has 1 amide bonds. The van der Waals surface area contributed by atoms with Crippen LogP contribution in [-0.2, 0) is 11.0 Å². The van der Waals surface area contributed by atoms with Gasteiger partial charge in [-0.1, -0.05) is 0 Å². The fraction of sp³-hybridized carbons (Fsp3) is 0.111. The van der Waals surface area contributed by atoms with Crippen LogP contribution < -0.4 is 5.32 Å². The lowest BCUT2D eigenvalue weighted by Gasteiger charge is -2.12. The van der Waals surface area contributed by atoms with Crippen LogP contribution >= 0.6 is 0 Å². The number of carboxylic acid groups (broad SMARTS) is 1. The van der Waals surface area contributed by atoms with Crippen molar-refractivity contribution in [2.24, 2.45) is 0 Å². The van der Waals surface area contributed by atoms with Crippen molar-refractivity contribution in [1.29, 1.82) is 0 Å². The molecule has 1 aromatic carbocycles. The molecule has 0 atom stereocenters. The highest BCUT2D eigenvalue weighted by atomic mass is 19.4. The molecule has 7 heteroatoms. The van der Waals surface area contributed by atoms with Crippen molar-refractivity contribution in [3.63, 3.8) is 0 Å². The lowest BCUT2D eigenvalue weighted by Crippen LogP contribution is -2.11. The van der Waals surface area contributed by atoms with Crippen LogP contribution in [0.5, 0.6) is 0 Å². The molecule has 16 heavy (non-hydrogen) atoms. The summed E-state index contributed by atoms with van der Waals surface area (Å²) in [6, 6.07) is 2.33. The summed E-state index contributed by atoms with van der Waals surface area (Å²) < 4.78 is 37.4. The van der Waals surface area contributed by atoms with Crippen LogP contribution in [0.25, 0.3) is 0 Å². The Morgan fingerprint density at radius 2 is 2.00 bits per heavy atom. The second-order valence-corrected chi connectivity index (χ2v) is 2.83. The number of anilines is 1. The maximum absolute atomic E-state index is 12.5. The third kappa shape index (κ3) is 2.50. The minimum absolute atomic E-state index is 0.0883. The Balaban J connectivity index is 3.32. The van der Waals surface area contributed by atoms with E-state index in [9.17, 15) is 22.8 Å². The molecule has 0 fully saturated rings. The number of rotatable bonds is 3. The number of carbonyl (C=O) groups is 2. The average Bonchev–Trinajstić information content (AvgIpc) is 2.16. The van der Waals surface area contributed by atoms with Gasteiger partial charge in [-0.3, -0.25) is 4.79 Å². The van der Waals surface area contributed by atoms with Gasteiger partial charge in [0.2, 0.25) is 6.41 Å². The number of halogens is 3. The zero-order valence-corrected chi connectivity index (χ0v) is 7.71. The van der Waals surface area contributed by atoms with Crippen LogP contribution in [0.1, 0.15) is 15.9 Å². The van der Waals surface area contributed by atoms with E-state index in [1.54, 1.807) is 0 Å². The summed E-state index contributed by atoms with van der Waals surface area (Å²) in [4.78, 5) is 20.6. The van der Waals surface area contributed by atoms with Gasteiger partial charge in [-0.05, 0) is 18.2 Å². The van der Waals surface area contributed by atoms with Crippen LogP contribution in [0.3, 0.4) is 0 Å². The van der Waals surface area contributed by atoms with E-state index in [1.807, 2.05) is 5.32 Å². The third-order valence-electron chi connectivity index (χ3n) is 1.79. The number of carbonyl (C=O) groups excluding carboxylic acids is 1. The number of alkyl halides is 3. The van der Waals surface area contributed by atoms with E-state index in [2.05, 4.69) is 0 Å². The summed E-state index contributed by atoms with van der Waals surface area (Å²) in [7, 11) is 0. The van der Waals surface area contributed by atoms with Crippen molar-refractivity contribution in [3.8, 4) is 0 Å². The molecule has 0 unspecified atom stereocenters.